The zero-order valence-corrected chi connectivity index (χ0v) is 5.96. The van der Waals surface area contributed by atoms with E-state index < -0.39 is 11.7 Å². The molecule has 0 radical (unpaired) electrons. The fourth-order valence-corrected chi connectivity index (χ4v) is 0.591. The van der Waals surface area contributed by atoms with E-state index in [1.54, 1.807) is 0 Å². The Hall–Kier alpha value is -0.470. The van der Waals surface area contributed by atoms with Gasteiger partial charge in [0.1, 0.15) is 0 Å². The number of hydrogen-bond acceptors (Lipinski definition) is 0. The smallest absolute Gasteiger partial charge is 0.212 e. The van der Waals surface area contributed by atoms with Crippen LogP contribution in [0.5, 0.6) is 0 Å². The molecule has 0 nitrogen and oxygen atoms in total. The molecule has 0 heterocycles. The molecule has 0 fully saturated rings. The molecule has 0 N–H and O–H groups in total. The van der Waals surface area contributed by atoms with E-state index in [4.69, 9.17) is 0 Å². The standard InChI is InChI=1S/C7H11F3/c1-6(8)4-3-5-7(2,9)10/h1,3-5H2,2H3. The van der Waals surface area contributed by atoms with Crippen molar-refractivity contribution in [1.82, 2.24) is 0 Å². The molecule has 0 amide bonds. The first-order valence-electron chi connectivity index (χ1n) is 3.13. The molecule has 0 atom stereocenters. The zero-order chi connectivity index (χ0) is 8.20. The summed E-state index contributed by atoms with van der Waals surface area (Å²) < 4.78 is 35.9. The van der Waals surface area contributed by atoms with Crippen molar-refractivity contribution in [3.05, 3.63) is 12.4 Å². The van der Waals surface area contributed by atoms with Crippen molar-refractivity contribution < 1.29 is 13.2 Å². The molecule has 0 saturated carbocycles. The molecule has 0 saturated heterocycles. The molecular formula is C7H11F3. The van der Waals surface area contributed by atoms with Crippen molar-refractivity contribution in [3.8, 4) is 0 Å². The third-order valence-corrected chi connectivity index (χ3v) is 1.06. The third-order valence-electron chi connectivity index (χ3n) is 1.06. The summed E-state index contributed by atoms with van der Waals surface area (Å²) in [5, 5.41) is 0. The zero-order valence-electron chi connectivity index (χ0n) is 5.96. The van der Waals surface area contributed by atoms with Crippen LogP contribution in [0.4, 0.5) is 13.2 Å². The van der Waals surface area contributed by atoms with Crippen molar-refractivity contribution in [1.29, 1.82) is 0 Å². The minimum Gasteiger partial charge on any atom is -0.212 e. The summed E-state index contributed by atoms with van der Waals surface area (Å²) in [7, 11) is 0. The van der Waals surface area contributed by atoms with Gasteiger partial charge in [0.15, 0.2) is 0 Å². The summed E-state index contributed by atoms with van der Waals surface area (Å²) >= 11 is 0. The van der Waals surface area contributed by atoms with Crippen LogP contribution in [-0.4, -0.2) is 5.92 Å². The Balaban J connectivity index is 3.29. The average molecular weight is 152 g/mol. The minimum absolute atomic E-state index is 0.0451. The van der Waals surface area contributed by atoms with E-state index in [1.807, 2.05) is 0 Å². The molecule has 0 aromatic rings. The second kappa shape index (κ2) is 3.64. The molecule has 0 unspecified atom stereocenters. The van der Waals surface area contributed by atoms with Crippen LogP contribution in [0.2, 0.25) is 0 Å². The van der Waals surface area contributed by atoms with Gasteiger partial charge >= 0.3 is 0 Å². The highest BCUT2D eigenvalue weighted by molar-refractivity contribution is 4.79. The van der Waals surface area contributed by atoms with E-state index in [0.717, 1.165) is 6.92 Å². The van der Waals surface area contributed by atoms with E-state index in [-0.39, 0.29) is 19.3 Å². The molecule has 0 aromatic heterocycles. The average Bonchev–Trinajstić information content (AvgIpc) is 1.59. The highest BCUT2D eigenvalue weighted by Gasteiger charge is 2.19. The van der Waals surface area contributed by atoms with Gasteiger partial charge in [0.2, 0.25) is 5.92 Å². The lowest BCUT2D eigenvalue weighted by Crippen LogP contribution is -2.08. The van der Waals surface area contributed by atoms with Crippen LogP contribution in [0.25, 0.3) is 0 Å². The first-order valence-corrected chi connectivity index (χ1v) is 3.13. The Morgan fingerprint density at radius 1 is 1.50 bits per heavy atom. The molecule has 0 aliphatic rings. The van der Waals surface area contributed by atoms with Gasteiger partial charge in [-0.3, -0.25) is 0 Å². The third kappa shape index (κ3) is 7.53. The Bertz CT molecular complexity index is 113. The highest BCUT2D eigenvalue weighted by Crippen LogP contribution is 2.21. The van der Waals surface area contributed by atoms with Crippen molar-refractivity contribution in [2.75, 3.05) is 0 Å². The van der Waals surface area contributed by atoms with Gasteiger partial charge in [-0.15, -0.1) is 0 Å². The van der Waals surface area contributed by atoms with Crippen molar-refractivity contribution >= 4 is 0 Å². The fourth-order valence-electron chi connectivity index (χ4n) is 0.591. The topological polar surface area (TPSA) is 0 Å². The second-order valence-corrected chi connectivity index (χ2v) is 2.44. The number of alkyl halides is 2. The van der Waals surface area contributed by atoms with Crippen LogP contribution in [0.1, 0.15) is 26.2 Å². The van der Waals surface area contributed by atoms with Gasteiger partial charge in [-0.25, -0.2) is 13.2 Å². The Kier molecular flexibility index (Phi) is 3.47. The maximum absolute atomic E-state index is 12.0. The summed E-state index contributed by atoms with van der Waals surface area (Å²) in [4.78, 5) is 0. The van der Waals surface area contributed by atoms with E-state index in [1.165, 1.54) is 0 Å². The van der Waals surface area contributed by atoms with Gasteiger partial charge < -0.3 is 0 Å². The monoisotopic (exact) mass is 152 g/mol. The fraction of sp³-hybridized carbons (Fsp3) is 0.714. The molecule has 3 heteroatoms. The van der Waals surface area contributed by atoms with Crippen LogP contribution in [0.3, 0.4) is 0 Å². The van der Waals surface area contributed by atoms with Crippen LogP contribution in [0, 0.1) is 0 Å². The summed E-state index contributed by atoms with van der Waals surface area (Å²) in [5.74, 6) is -3.20. The quantitative estimate of drug-likeness (QED) is 0.579. The summed E-state index contributed by atoms with van der Waals surface area (Å²) in [6, 6.07) is 0. The molecule has 0 rings (SSSR count). The Morgan fingerprint density at radius 3 is 2.30 bits per heavy atom. The van der Waals surface area contributed by atoms with Gasteiger partial charge in [-0.05, 0) is 19.8 Å². The Labute approximate surface area is 58.7 Å². The Morgan fingerprint density at radius 2 is 2.00 bits per heavy atom. The van der Waals surface area contributed by atoms with Crippen LogP contribution >= 0.6 is 0 Å². The largest absolute Gasteiger partial charge is 0.245 e. The lowest BCUT2D eigenvalue weighted by molar-refractivity contribution is 0.0108. The first kappa shape index (κ1) is 9.53. The predicted octanol–water partition coefficient (Wildman–Crippen LogP) is 3.30. The summed E-state index contributed by atoms with van der Waals surface area (Å²) in [6.45, 7) is 3.79. The maximum Gasteiger partial charge on any atom is 0.245 e. The maximum atomic E-state index is 12.0. The van der Waals surface area contributed by atoms with E-state index in [9.17, 15) is 13.2 Å². The minimum atomic E-state index is -2.67. The predicted molar refractivity (Wildman–Crippen MR) is 34.7 cm³/mol. The number of rotatable bonds is 4. The van der Waals surface area contributed by atoms with E-state index >= 15 is 0 Å². The molecule has 0 bridgehead atoms. The SMILES string of the molecule is C=C(F)CCCC(C)(F)F. The molecule has 10 heavy (non-hydrogen) atoms. The van der Waals surface area contributed by atoms with Gasteiger partial charge in [-0.2, -0.15) is 0 Å². The normalized spacial score (nSPS) is 11.6. The van der Waals surface area contributed by atoms with Crippen LogP contribution in [0.15, 0.2) is 12.4 Å². The van der Waals surface area contributed by atoms with Gasteiger partial charge in [0.25, 0.3) is 0 Å². The second-order valence-electron chi connectivity index (χ2n) is 2.44. The lowest BCUT2D eigenvalue weighted by atomic mass is 10.1. The number of allylic oxidation sites excluding steroid dienone is 1. The summed E-state index contributed by atoms with van der Waals surface area (Å²) in [6.07, 6.45) is -0.0573. The number of halogens is 3. The lowest BCUT2D eigenvalue weighted by Gasteiger charge is -2.07. The molecule has 0 aliphatic carbocycles. The van der Waals surface area contributed by atoms with E-state index in [0.29, 0.717) is 0 Å². The van der Waals surface area contributed by atoms with Crippen LogP contribution < -0.4 is 0 Å². The molecule has 0 aromatic carbocycles. The van der Waals surface area contributed by atoms with Crippen molar-refractivity contribution in [2.45, 2.75) is 32.1 Å². The first-order chi connectivity index (χ1) is 4.42. The van der Waals surface area contributed by atoms with E-state index in [2.05, 4.69) is 6.58 Å². The molecule has 60 valence electrons. The molecule has 0 spiro atoms. The van der Waals surface area contributed by atoms with Gasteiger partial charge in [-0.1, -0.05) is 6.58 Å². The van der Waals surface area contributed by atoms with Gasteiger partial charge in [0, 0.05) is 6.42 Å². The highest BCUT2D eigenvalue weighted by atomic mass is 19.3. The van der Waals surface area contributed by atoms with Crippen LogP contribution in [-0.2, 0) is 0 Å². The molecular weight excluding hydrogens is 141 g/mol. The number of hydrogen-bond donors (Lipinski definition) is 0. The molecule has 0 aliphatic heterocycles. The van der Waals surface area contributed by atoms with Crippen molar-refractivity contribution in [2.24, 2.45) is 0 Å². The van der Waals surface area contributed by atoms with Gasteiger partial charge in [0.05, 0.1) is 5.83 Å². The van der Waals surface area contributed by atoms with Crippen molar-refractivity contribution in [3.63, 3.8) is 0 Å². The summed E-state index contributed by atoms with van der Waals surface area (Å²) in [5.41, 5.74) is 0.